The fraction of sp³-hybridized carbons (Fsp3) is 0.412. The van der Waals surface area contributed by atoms with Crippen molar-refractivity contribution in [2.24, 2.45) is 0 Å². The lowest BCUT2D eigenvalue weighted by Crippen LogP contribution is -2.30. The number of anilines is 2. The molecule has 27 heavy (non-hydrogen) atoms. The average molecular weight is 413 g/mol. The molecule has 2 amide bonds. The molecular weight excluding hydrogens is 391 g/mol. The predicted octanol–water partition coefficient (Wildman–Crippen LogP) is 2.80. The number of piperidine rings is 1. The van der Waals surface area contributed by atoms with Crippen LogP contribution in [-0.4, -0.2) is 39.9 Å². The number of aromatic nitrogens is 3. The molecule has 0 radical (unpaired) electrons. The van der Waals surface area contributed by atoms with E-state index in [1.54, 1.807) is 18.2 Å². The summed E-state index contributed by atoms with van der Waals surface area (Å²) in [5.41, 5.74) is 1.88. The number of hydrogen-bond donors (Lipinski definition) is 3. The maximum atomic E-state index is 12.7. The number of halogens is 2. The summed E-state index contributed by atoms with van der Waals surface area (Å²) < 4.78 is 1.83. The third-order valence-electron chi connectivity index (χ3n) is 4.34. The van der Waals surface area contributed by atoms with Crippen LogP contribution in [0.15, 0.2) is 18.2 Å². The quantitative estimate of drug-likeness (QED) is 0.716. The van der Waals surface area contributed by atoms with Crippen molar-refractivity contribution in [3.8, 4) is 0 Å². The molecule has 1 fully saturated rings. The van der Waals surface area contributed by atoms with Crippen LogP contribution in [0.3, 0.4) is 0 Å². The van der Waals surface area contributed by atoms with Crippen LogP contribution in [-0.2, 0) is 4.79 Å². The fourth-order valence-electron chi connectivity index (χ4n) is 3.05. The molecule has 2 heterocycles. The number of rotatable bonds is 4. The fourth-order valence-corrected chi connectivity index (χ4v) is 3.22. The number of hydrogen-bond acceptors (Lipinski definition) is 5. The highest BCUT2D eigenvalue weighted by atomic mass is 35.5. The minimum Gasteiger partial charge on any atom is -0.324 e. The number of nitrogens with one attached hydrogen (secondary N) is 3. The smallest absolute Gasteiger partial charge is 0.278 e. The van der Waals surface area contributed by atoms with Gasteiger partial charge in [-0.2, -0.15) is 0 Å². The van der Waals surface area contributed by atoms with Gasteiger partial charge in [0.25, 0.3) is 5.91 Å². The summed E-state index contributed by atoms with van der Waals surface area (Å²) in [6, 6.07) is 5.10. The summed E-state index contributed by atoms with van der Waals surface area (Å²) in [4.78, 5) is 24.0. The second-order valence-electron chi connectivity index (χ2n) is 6.27. The first kappa shape index (κ1) is 21.1. The minimum atomic E-state index is -0.378. The van der Waals surface area contributed by atoms with Gasteiger partial charge in [-0.05, 0) is 51.1 Å². The molecule has 0 saturated carbocycles. The van der Waals surface area contributed by atoms with Crippen LogP contribution in [0, 0.1) is 6.92 Å². The first-order valence-corrected chi connectivity index (χ1v) is 8.84. The van der Waals surface area contributed by atoms with E-state index < -0.39 is 0 Å². The summed E-state index contributed by atoms with van der Waals surface area (Å²) in [5.74, 6) is -0.632. The van der Waals surface area contributed by atoms with Crippen molar-refractivity contribution >= 4 is 47.2 Å². The Morgan fingerprint density at radius 2 is 1.93 bits per heavy atom. The zero-order chi connectivity index (χ0) is 18.7. The Hall–Kier alpha value is -2.16. The summed E-state index contributed by atoms with van der Waals surface area (Å²) in [5, 5.41) is 17.4. The maximum Gasteiger partial charge on any atom is 0.278 e. The molecule has 1 aliphatic heterocycles. The first-order chi connectivity index (χ1) is 12.5. The van der Waals surface area contributed by atoms with Crippen molar-refractivity contribution in [2.75, 3.05) is 23.7 Å². The van der Waals surface area contributed by atoms with Gasteiger partial charge in [0.1, 0.15) is 0 Å². The molecule has 3 N–H and O–H groups in total. The lowest BCUT2D eigenvalue weighted by Gasteiger charge is -2.23. The van der Waals surface area contributed by atoms with E-state index in [1.807, 2.05) is 11.6 Å². The molecule has 2 aromatic rings. The zero-order valence-electron chi connectivity index (χ0n) is 15.1. The van der Waals surface area contributed by atoms with Crippen LogP contribution >= 0.6 is 24.0 Å². The monoisotopic (exact) mass is 412 g/mol. The molecule has 0 aliphatic carbocycles. The highest BCUT2D eigenvalue weighted by Gasteiger charge is 2.23. The van der Waals surface area contributed by atoms with E-state index in [2.05, 4.69) is 26.3 Å². The van der Waals surface area contributed by atoms with Gasteiger partial charge >= 0.3 is 0 Å². The number of benzene rings is 1. The Balaban J connectivity index is 0.00000261. The SMILES string of the molecule is CC(=O)Nc1cc(Cl)ccc1NC(=O)c1nnn(C2CCNCC2)c1C.Cl. The van der Waals surface area contributed by atoms with Crippen LogP contribution in [0.5, 0.6) is 0 Å². The van der Waals surface area contributed by atoms with E-state index in [9.17, 15) is 9.59 Å². The third kappa shape index (κ3) is 4.97. The molecule has 0 spiro atoms. The van der Waals surface area contributed by atoms with Crippen LogP contribution in [0.4, 0.5) is 11.4 Å². The Morgan fingerprint density at radius 1 is 1.22 bits per heavy atom. The number of carbonyl (C=O) groups is 2. The lowest BCUT2D eigenvalue weighted by atomic mass is 10.1. The highest BCUT2D eigenvalue weighted by molar-refractivity contribution is 6.31. The molecule has 3 rings (SSSR count). The predicted molar refractivity (Wildman–Crippen MR) is 107 cm³/mol. The number of carbonyl (C=O) groups excluding carboxylic acids is 2. The molecule has 1 aromatic carbocycles. The highest BCUT2D eigenvalue weighted by Crippen LogP contribution is 2.27. The van der Waals surface area contributed by atoms with Gasteiger partial charge < -0.3 is 16.0 Å². The van der Waals surface area contributed by atoms with Gasteiger partial charge in [0.15, 0.2) is 5.69 Å². The molecule has 1 aromatic heterocycles. The van der Waals surface area contributed by atoms with Gasteiger partial charge in [-0.25, -0.2) is 4.68 Å². The molecule has 8 nitrogen and oxygen atoms in total. The first-order valence-electron chi connectivity index (χ1n) is 8.46. The third-order valence-corrected chi connectivity index (χ3v) is 4.57. The Kier molecular flexibility index (Phi) is 7.18. The Morgan fingerprint density at radius 3 is 2.59 bits per heavy atom. The average Bonchev–Trinajstić information content (AvgIpc) is 2.99. The van der Waals surface area contributed by atoms with Gasteiger partial charge in [-0.1, -0.05) is 16.8 Å². The van der Waals surface area contributed by atoms with Crippen LogP contribution in [0.25, 0.3) is 0 Å². The van der Waals surface area contributed by atoms with Crippen LogP contribution in [0.2, 0.25) is 5.02 Å². The molecule has 10 heteroatoms. The molecule has 0 atom stereocenters. The van der Waals surface area contributed by atoms with Crippen molar-refractivity contribution in [3.05, 3.63) is 34.6 Å². The van der Waals surface area contributed by atoms with E-state index in [-0.39, 0.29) is 36.0 Å². The van der Waals surface area contributed by atoms with Crippen molar-refractivity contribution in [1.82, 2.24) is 20.3 Å². The van der Waals surface area contributed by atoms with Crippen molar-refractivity contribution in [2.45, 2.75) is 32.7 Å². The summed E-state index contributed by atoms with van der Waals surface area (Å²) >= 11 is 5.97. The molecule has 1 saturated heterocycles. The van der Waals surface area contributed by atoms with Gasteiger partial charge in [0, 0.05) is 11.9 Å². The topological polar surface area (TPSA) is 101 Å². The molecule has 146 valence electrons. The van der Waals surface area contributed by atoms with Gasteiger partial charge in [0.05, 0.1) is 23.1 Å². The van der Waals surface area contributed by atoms with E-state index >= 15 is 0 Å². The van der Waals surface area contributed by atoms with E-state index in [4.69, 9.17) is 11.6 Å². The van der Waals surface area contributed by atoms with Crippen LogP contribution in [0.1, 0.15) is 42.0 Å². The zero-order valence-corrected chi connectivity index (χ0v) is 16.7. The van der Waals surface area contributed by atoms with Crippen molar-refractivity contribution in [1.29, 1.82) is 0 Å². The van der Waals surface area contributed by atoms with Gasteiger partial charge in [-0.15, -0.1) is 17.5 Å². The Bertz CT molecular complexity index is 833. The summed E-state index contributed by atoms with van der Waals surface area (Å²) in [6.07, 6.45) is 1.91. The Labute approximate surface area is 168 Å². The molecular formula is C17H22Cl2N6O2. The number of amides is 2. The second kappa shape index (κ2) is 9.16. The van der Waals surface area contributed by atoms with Crippen molar-refractivity contribution in [3.63, 3.8) is 0 Å². The van der Waals surface area contributed by atoms with E-state index in [1.165, 1.54) is 6.92 Å². The van der Waals surface area contributed by atoms with Crippen molar-refractivity contribution < 1.29 is 9.59 Å². The largest absolute Gasteiger partial charge is 0.324 e. The van der Waals surface area contributed by atoms with Gasteiger partial charge in [-0.3, -0.25) is 9.59 Å². The maximum absolute atomic E-state index is 12.7. The number of nitrogens with zero attached hydrogens (tertiary/aromatic N) is 3. The summed E-state index contributed by atoms with van der Waals surface area (Å²) in [6.45, 7) is 5.08. The standard InChI is InChI=1S/C17H21ClN6O2.ClH/c1-10-16(22-23-24(10)13-5-7-19-8-6-13)17(26)21-14-4-3-12(18)9-15(14)20-11(2)25;/h3-4,9,13,19H,5-8H2,1-2H3,(H,20,25)(H,21,26);1H. The minimum absolute atomic E-state index is 0. The van der Waals surface area contributed by atoms with E-state index in [0.717, 1.165) is 31.6 Å². The van der Waals surface area contributed by atoms with Crippen LogP contribution < -0.4 is 16.0 Å². The second-order valence-corrected chi connectivity index (χ2v) is 6.71. The van der Waals surface area contributed by atoms with Gasteiger partial charge in [0.2, 0.25) is 5.91 Å². The molecule has 0 bridgehead atoms. The normalized spacial score (nSPS) is 14.3. The lowest BCUT2D eigenvalue weighted by molar-refractivity contribution is -0.114. The van der Waals surface area contributed by atoms with E-state index in [0.29, 0.717) is 16.4 Å². The molecule has 0 unspecified atom stereocenters. The molecule has 1 aliphatic rings. The summed E-state index contributed by atoms with van der Waals surface area (Å²) in [7, 11) is 0.